The molecule has 0 bridgehead atoms. The smallest absolute Gasteiger partial charge is 0.243 e. The van der Waals surface area contributed by atoms with Gasteiger partial charge in [0.25, 0.3) is 0 Å². The van der Waals surface area contributed by atoms with Crippen molar-refractivity contribution in [2.45, 2.75) is 37.6 Å². The topological polar surface area (TPSA) is 83.7 Å². The SMILES string of the molecule is Cc1ncc(-c2ccc(C)c(S(=O)(=O)N3CC[C@@H]4CC(=O)N(C)[C@@H]4C3)c2)o1. The standard InChI is InChI=1S/C19H23N3O4S/c1-12-4-5-15(17-10-20-13(2)26-17)8-18(12)27(24,25)22-7-6-14-9-19(23)21(3)16(14)11-22/h4-5,8,10,14,16H,6-7,9,11H2,1-3H3/t14-,16-/m1/s1. The lowest BCUT2D eigenvalue weighted by Crippen LogP contribution is -2.49. The molecule has 0 N–H and O–H groups in total. The Morgan fingerprint density at radius 3 is 2.74 bits per heavy atom. The molecule has 2 aliphatic rings. The van der Waals surface area contributed by atoms with Gasteiger partial charge in [0, 0.05) is 45.1 Å². The molecule has 0 spiro atoms. The Kier molecular flexibility index (Phi) is 4.35. The molecule has 1 amide bonds. The Balaban J connectivity index is 1.67. The van der Waals surface area contributed by atoms with E-state index in [2.05, 4.69) is 4.98 Å². The first-order valence-electron chi connectivity index (χ1n) is 9.06. The average Bonchev–Trinajstić information content (AvgIpc) is 3.19. The Morgan fingerprint density at radius 2 is 2.04 bits per heavy atom. The molecule has 2 saturated heterocycles. The summed E-state index contributed by atoms with van der Waals surface area (Å²) in [4.78, 5) is 18.0. The van der Waals surface area contributed by atoms with E-state index in [4.69, 9.17) is 4.42 Å². The van der Waals surface area contributed by atoms with E-state index < -0.39 is 10.0 Å². The van der Waals surface area contributed by atoms with Crippen LogP contribution in [0.25, 0.3) is 11.3 Å². The molecule has 4 rings (SSSR count). The summed E-state index contributed by atoms with van der Waals surface area (Å²) in [7, 11) is -1.90. The van der Waals surface area contributed by atoms with Crippen molar-refractivity contribution in [3.63, 3.8) is 0 Å². The van der Waals surface area contributed by atoms with Crippen LogP contribution in [0, 0.1) is 19.8 Å². The molecule has 0 unspecified atom stereocenters. The van der Waals surface area contributed by atoms with Crippen LogP contribution in [0.1, 0.15) is 24.3 Å². The van der Waals surface area contributed by atoms with Crippen molar-refractivity contribution in [1.82, 2.24) is 14.2 Å². The van der Waals surface area contributed by atoms with Crippen LogP contribution in [0.4, 0.5) is 0 Å². The second-order valence-electron chi connectivity index (χ2n) is 7.41. The van der Waals surface area contributed by atoms with Crippen LogP contribution >= 0.6 is 0 Å². The molecule has 144 valence electrons. The van der Waals surface area contributed by atoms with Crippen molar-refractivity contribution in [2.75, 3.05) is 20.1 Å². The molecular formula is C19H23N3O4S. The molecule has 2 fully saturated rings. The summed E-state index contributed by atoms with van der Waals surface area (Å²) in [6, 6.07) is 5.24. The van der Waals surface area contributed by atoms with Gasteiger partial charge >= 0.3 is 0 Å². The van der Waals surface area contributed by atoms with E-state index >= 15 is 0 Å². The molecule has 2 aromatic rings. The van der Waals surface area contributed by atoms with Gasteiger partial charge in [0.1, 0.15) is 0 Å². The third-order valence-corrected chi connectivity index (χ3v) is 7.73. The summed E-state index contributed by atoms with van der Waals surface area (Å²) in [5.74, 6) is 1.43. The number of fused-ring (bicyclic) bond motifs is 1. The number of sulfonamides is 1. The lowest BCUT2D eigenvalue weighted by atomic mass is 9.93. The highest BCUT2D eigenvalue weighted by atomic mass is 32.2. The van der Waals surface area contributed by atoms with Crippen LogP contribution in [0.2, 0.25) is 0 Å². The zero-order valence-corrected chi connectivity index (χ0v) is 16.5. The van der Waals surface area contributed by atoms with E-state index in [0.717, 1.165) is 0 Å². The maximum atomic E-state index is 13.3. The maximum Gasteiger partial charge on any atom is 0.243 e. The predicted molar refractivity (Wildman–Crippen MR) is 99.5 cm³/mol. The Morgan fingerprint density at radius 1 is 1.26 bits per heavy atom. The molecule has 27 heavy (non-hydrogen) atoms. The van der Waals surface area contributed by atoms with E-state index in [0.29, 0.717) is 48.7 Å². The molecule has 8 heteroatoms. The first kappa shape index (κ1) is 18.2. The molecule has 1 aromatic heterocycles. The number of piperidine rings is 1. The van der Waals surface area contributed by atoms with Gasteiger partial charge in [-0.25, -0.2) is 13.4 Å². The van der Waals surface area contributed by atoms with Crippen molar-refractivity contribution in [3.05, 3.63) is 35.9 Å². The first-order valence-corrected chi connectivity index (χ1v) is 10.5. The third-order valence-electron chi connectivity index (χ3n) is 5.72. The van der Waals surface area contributed by atoms with Crippen molar-refractivity contribution >= 4 is 15.9 Å². The minimum Gasteiger partial charge on any atom is -0.441 e. The van der Waals surface area contributed by atoms with E-state index in [1.54, 1.807) is 44.1 Å². The fraction of sp³-hybridized carbons (Fsp3) is 0.474. The minimum absolute atomic E-state index is 0.0403. The second kappa shape index (κ2) is 6.45. The number of oxazole rings is 1. The van der Waals surface area contributed by atoms with Gasteiger partial charge in [-0.3, -0.25) is 4.79 Å². The fourth-order valence-corrected chi connectivity index (χ4v) is 5.79. The number of aromatic nitrogens is 1. The fourth-order valence-electron chi connectivity index (χ4n) is 4.06. The molecule has 0 saturated carbocycles. The number of likely N-dealkylation sites (tertiary alicyclic amines) is 1. The molecule has 1 aromatic carbocycles. The number of benzene rings is 1. The van der Waals surface area contributed by atoms with Gasteiger partial charge in [-0.15, -0.1) is 0 Å². The number of carbonyl (C=O) groups is 1. The predicted octanol–water partition coefficient (Wildman–Crippen LogP) is 2.20. The molecular weight excluding hydrogens is 366 g/mol. The highest BCUT2D eigenvalue weighted by Gasteiger charge is 2.44. The summed E-state index contributed by atoms with van der Waals surface area (Å²) in [5.41, 5.74) is 1.37. The normalized spacial score (nSPS) is 23.7. The van der Waals surface area contributed by atoms with Crippen LogP contribution < -0.4 is 0 Å². The molecule has 2 aliphatic heterocycles. The van der Waals surface area contributed by atoms with E-state index in [9.17, 15) is 13.2 Å². The van der Waals surface area contributed by atoms with Gasteiger partial charge in [0.15, 0.2) is 11.7 Å². The quantitative estimate of drug-likeness (QED) is 0.804. The zero-order valence-electron chi connectivity index (χ0n) is 15.7. The lowest BCUT2D eigenvalue weighted by molar-refractivity contribution is -0.127. The van der Waals surface area contributed by atoms with Crippen molar-refractivity contribution in [2.24, 2.45) is 5.92 Å². The number of rotatable bonds is 3. The van der Waals surface area contributed by atoms with Gasteiger partial charge in [-0.1, -0.05) is 12.1 Å². The van der Waals surface area contributed by atoms with Crippen LogP contribution in [-0.4, -0.2) is 54.7 Å². The Bertz CT molecular complexity index is 998. The number of hydrogen-bond acceptors (Lipinski definition) is 5. The van der Waals surface area contributed by atoms with Gasteiger partial charge < -0.3 is 9.32 Å². The number of aryl methyl sites for hydroxylation is 2. The van der Waals surface area contributed by atoms with Crippen LogP contribution in [-0.2, 0) is 14.8 Å². The van der Waals surface area contributed by atoms with Crippen LogP contribution in [0.5, 0.6) is 0 Å². The number of carbonyl (C=O) groups excluding carboxylic acids is 1. The Hall–Kier alpha value is -2.19. The van der Waals surface area contributed by atoms with Gasteiger partial charge in [-0.05, 0) is 30.9 Å². The van der Waals surface area contributed by atoms with Crippen LogP contribution in [0.15, 0.2) is 33.7 Å². The summed E-state index contributed by atoms with van der Waals surface area (Å²) in [6.07, 6.45) is 2.83. The van der Waals surface area contributed by atoms with Crippen molar-refractivity contribution < 1.29 is 17.6 Å². The van der Waals surface area contributed by atoms with E-state index in [1.165, 1.54) is 4.31 Å². The van der Waals surface area contributed by atoms with Crippen molar-refractivity contribution in [1.29, 1.82) is 0 Å². The number of amides is 1. The van der Waals surface area contributed by atoms with Gasteiger partial charge in [0.2, 0.25) is 15.9 Å². The van der Waals surface area contributed by atoms with E-state index in [1.807, 2.05) is 6.07 Å². The highest BCUT2D eigenvalue weighted by molar-refractivity contribution is 7.89. The van der Waals surface area contributed by atoms with Gasteiger partial charge in [-0.2, -0.15) is 4.31 Å². The number of hydrogen-bond donors (Lipinski definition) is 0. The largest absolute Gasteiger partial charge is 0.441 e. The third kappa shape index (κ3) is 3.06. The average molecular weight is 389 g/mol. The molecule has 3 heterocycles. The monoisotopic (exact) mass is 389 g/mol. The maximum absolute atomic E-state index is 13.3. The highest BCUT2D eigenvalue weighted by Crippen LogP contribution is 2.35. The van der Waals surface area contributed by atoms with E-state index in [-0.39, 0.29) is 22.8 Å². The number of likely N-dealkylation sites (N-methyl/N-ethyl adjacent to an activating group) is 1. The number of nitrogens with zero attached hydrogens (tertiary/aromatic N) is 3. The first-order chi connectivity index (χ1) is 12.8. The molecule has 7 nitrogen and oxygen atoms in total. The minimum atomic E-state index is -3.66. The lowest BCUT2D eigenvalue weighted by Gasteiger charge is -2.36. The zero-order chi connectivity index (χ0) is 19.3. The summed E-state index contributed by atoms with van der Waals surface area (Å²) in [5, 5.41) is 0. The van der Waals surface area contributed by atoms with Crippen molar-refractivity contribution in [3.8, 4) is 11.3 Å². The molecule has 2 atom stereocenters. The van der Waals surface area contributed by atoms with Crippen LogP contribution in [0.3, 0.4) is 0 Å². The Labute approximate surface area is 159 Å². The molecule has 0 aliphatic carbocycles. The molecule has 0 radical (unpaired) electrons. The summed E-state index contributed by atoms with van der Waals surface area (Å²) < 4.78 is 33.8. The summed E-state index contributed by atoms with van der Waals surface area (Å²) in [6.45, 7) is 4.33. The summed E-state index contributed by atoms with van der Waals surface area (Å²) >= 11 is 0. The van der Waals surface area contributed by atoms with Gasteiger partial charge in [0.05, 0.1) is 11.1 Å². The second-order valence-corrected chi connectivity index (χ2v) is 9.32.